The topological polar surface area (TPSA) is 76.4 Å². The molecule has 1 aromatic heterocycles. The molecule has 3 aromatic rings. The Hall–Kier alpha value is -3.42. The number of aromatic nitrogens is 4. The van der Waals surface area contributed by atoms with Crippen LogP contribution < -0.4 is 9.64 Å². The number of benzene rings is 2. The summed E-state index contributed by atoms with van der Waals surface area (Å²) in [6, 6.07) is 15.3. The molecule has 138 valence electrons. The monoisotopic (exact) mass is 364 g/mol. The van der Waals surface area contributed by atoms with E-state index in [0.29, 0.717) is 24.3 Å². The maximum absolute atomic E-state index is 13.1. The molecular formula is C19H20N6O2. The number of methoxy groups -OCH3 is 1. The standard InChI is InChI=1S/C19H20N6O2/c1-27-18-9-5-4-8-17(18)23-10-12-24(13-11-23)19(26)15-6-2-3-7-16(15)25-14-20-21-22-25/h2-9,14H,10-13H2,1H3. The highest BCUT2D eigenvalue weighted by Crippen LogP contribution is 2.28. The van der Waals surface area contributed by atoms with Crippen molar-refractivity contribution in [3.63, 3.8) is 0 Å². The number of carbonyl (C=O) groups is 1. The van der Waals surface area contributed by atoms with E-state index in [1.807, 2.05) is 53.4 Å². The van der Waals surface area contributed by atoms with Gasteiger partial charge in [0.15, 0.2) is 0 Å². The summed E-state index contributed by atoms with van der Waals surface area (Å²) >= 11 is 0. The van der Waals surface area contributed by atoms with E-state index in [4.69, 9.17) is 4.74 Å². The molecule has 8 nitrogen and oxygen atoms in total. The molecule has 2 aromatic carbocycles. The molecule has 0 unspecified atom stereocenters. The van der Waals surface area contributed by atoms with Crippen molar-refractivity contribution in [1.29, 1.82) is 0 Å². The highest BCUT2D eigenvalue weighted by Gasteiger charge is 2.25. The third kappa shape index (κ3) is 3.33. The fraction of sp³-hybridized carbons (Fsp3) is 0.263. The zero-order valence-electron chi connectivity index (χ0n) is 15.0. The SMILES string of the molecule is COc1ccccc1N1CCN(C(=O)c2ccccc2-n2cnnn2)CC1. The molecule has 8 heteroatoms. The maximum atomic E-state index is 13.1. The molecule has 0 saturated carbocycles. The Morgan fingerprint density at radius 1 is 0.963 bits per heavy atom. The average Bonchev–Trinajstić information content (AvgIpc) is 3.28. The minimum absolute atomic E-state index is 0.0132. The van der Waals surface area contributed by atoms with Gasteiger partial charge in [-0.15, -0.1) is 5.10 Å². The molecule has 0 bridgehead atoms. The van der Waals surface area contributed by atoms with Gasteiger partial charge in [-0.1, -0.05) is 24.3 Å². The smallest absolute Gasteiger partial charge is 0.256 e. The number of ether oxygens (including phenoxy) is 1. The predicted octanol–water partition coefficient (Wildman–Crippen LogP) is 1.63. The van der Waals surface area contributed by atoms with E-state index >= 15 is 0 Å². The van der Waals surface area contributed by atoms with Crippen LogP contribution in [-0.2, 0) is 0 Å². The summed E-state index contributed by atoms with van der Waals surface area (Å²) in [6.07, 6.45) is 1.49. The number of rotatable bonds is 4. The lowest BCUT2D eigenvalue weighted by Gasteiger charge is -2.36. The lowest BCUT2D eigenvalue weighted by Crippen LogP contribution is -2.49. The van der Waals surface area contributed by atoms with Gasteiger partial charge < -0.3 is 14.5 Å². The first-order valence-corrected chi connectivity index (χ1v) is 8.77. The van der Waals surface area contributed by atoms with Gasteiger partial charge in [-0.05, 0) is 34.7 Å². The van der Waals surface area contributed by atoms with Crippen molar-refractivity contribution in [2.75, 3.05) is 38.2 Å². The van der Waals surface area contributed by atoms with Gasteiger partial charge in [0.05, 0.1) is 24.0 Å². The van der Waals surface area contributed by atoms with Crippen LogP contribution >= 0.6 is 0 Å². The number of hydrogen-bond acceptors (Lipinski definition) is 6. The second kappa shape index (κ2) is 7.45. The van der Waals surface area contributed by atoms with Crippen LogP contribution in [0.15, 0.2) is 54.9 Å². The van der Waals surface area contributed by atoms with Crippen LogP contribution in [0.4, 0.5) is 5.69 Å². The summed E-state index contributed by atoms with van der Waals surface area (Å²) in [5.41, 5.74) is 2.33. The molecule has 0 radical (unpaired) electrons. The first-order chi connectivity index (χ1) is 13.3. The second-order valence-corrected chi connectivity index (χ2v) is 6.22. The number of carbonyl (C=O) groups excluding carboxylic acids is 1. The third-order valence-electron chi connectivity index (χ3n) is 4.72. The van der Waals surface area contributed by atoms with Crippen molar-refractivity contribution in [3.8, 4) is 11.4 Å². The number of tetrazole rings is 1. The molecule has 1 aliphatic heterocycles. The largest absolute Gasteiger partial charge is 0.495 e. The van der Waals surface area contributed by atoms with Crippen molar-refractivity contribution in [3.05, 3.63) is 60.4 Å². The van der Waals surface area contributed by atoms with Gasteiger partial charge in [-0.2, -0.15) is 4.68 Å². The first kappa shape index (κ1) is 17.0. The Morgan fingerprint density at radius 3 is 2.37 bits per heavy atom. The number of amides is 1. The normalized spacial score (nSPS) is 14.3. The van der Waals surface area contributed by atoms with Crippen LogP contribution in [-0.4, -0.2) is 64.3 Å². The number of nitrogens with zero attached hydrogens (tertiary/aromatic N) is 6. The first-order valence-electron chi connectivity index (χ1n) is 8.77. The van der Waals surface area contributed by atoms with Crippen molar-refractivity contribution in [2.24, 2.45) is 0 Å². The lowest BCUT2D eigenvalue weighted by molar-refractivity contribution is 0.0746. The number of para-hydroxylation sites is 3. The summed E-state index contributed by atoms with van der Waals surface area (Å²) in [5, 5.41) is 11.2. The molecule has 2 heterocycles. The molecule has 27 heavy (non-hydrogen) atoms. The Labute approximate surface area is 157 Å². The van der Waals surface area contributed by atoms with E-state index in [9.17, 15) is 4.79 Å². The quantitative estimate of drug-likeness (QED) is 0.700. The van der Waals surface area contributed by atoms with Crippen molar-refractivity contribution < 1.29 is 9.53 Å². The third-order valence-corrected chi connectivity index (χ3v) is 4.72. The summed E-state index contributed by atoms with van der Waals surface area (Å²) < 4.78 is 6.97. The van der Waals surface area contributed by atoms with E-state index in [0.717, 1.165) is 24.5 Å². The summed E-state index contributed by atoms with van der Waals surface area (Å²) in [4.78, 5) is 17.2. The van der Waals surface area contributed by atoms with Crippen LogP contribution in [0.1, 0.15) is 10.4 Å². The van der Waals surface area contributed by atoms with Gasteiger partial charge in [0.1, 0.15) is 12.1 Å². The Balaban J connectivity index is 1.50. The van der Waals surface area contributed by atoms with Crippen LogP contribution in [0.2, 0.25) is 0 Å². The molecule has 1 amide bonds. The second-order valence-electron chi connectivity index (χ2n) is 6.22. The highest BCUT2D eigenvalue weighted by molar-refractivity contribution is 5.97. The van der Waals surface area contributed by atoms with Gasteiger partial charge in [0, 0.05) is 26.2 Å². The molecule has 0 atom stereocenters. The van der Waals surface area contributed by atoms with E-state index in [1.54, 1.807) is 7.11 Å². The summed E-state index contributed by atoms with van der Waals surface area (Å²) in [7, 11) is 1.68. The van der Waals surface area contributed by atoms with Crippen molar-refractivity contribution in [1.82, 2.24) is 25.1 Å². The van der Waals surface area contributed by atoms with Crippen LogP contribution in [0.3, 0.4) is 0 Å². The molecule has 1 fully saturated rings. The summed E-state index contributed by atoms with van der Waals surface area (Å²) in [5.74, 6) is 0.835. The van der Waals surface area contributed by atoms with Crippen molar-refractivity contribution >= 4 is 11.6 Å². The van der Waals surface area contributed by atoms with Crippen LogP contribution in [0.5, 0.6) is 5.75 Å². The maximum Gasteiger partial charge on any atom is 0.256 e. The van der Waals surface area contributed by atoms with Gasteiger partial charge in [0.2, 0.25) is 0 Å². The molecular weight excluding hydrogens is 344 g/mol. The van der Waals surface area contributed by atoms with E-state index in [2.05, 4.69) is 20.4 Å². The minimum Gasteiger partial charge on any atom is -0.495 e. The van der Waals surface area contributed by atoms with E-state index in [1.165, 1.54) is 11.0 Å². The molecule has 1 aliphatic rings. The van der Waals surface area contributed by atoms with Crippen molar-refractivity contribution in [2.45, 2.75) is 0 Å². The van der Waals surface area contributed by atoms with Gasteiger partial charge >= 0.3 is 0 Å². The number of hydrogen-bond donors (Lipinski definition) is 0. The molecule has 1 saturated heterocycles. The van der Waals surface area contributed by atoms with Crippen LogP contribution in [0, 0.1) is 0 Å². The minimum atomic E-state index is -0.0132. The van der Waals surface area contributed by atoms with Gasteiger partial charge in [-0.3, -0.25) is 4.79 Å². The number of anilines is 1. The van der Waals surface area contributed by atoms with E-state index in [-0.39, 0.29) is 5.91 Å². The Kier molecular flexibility index (Phi) is 4.69. The Morgan fingerprint density at radius 2 is 1.67 bits per heavy atom. The molecule has 4 rings (SSSR count). The fourth-order valence-electron chi connectivity index (χ4n) is 3.34. The van der Waals surface area contributed by atoms with Crippen LogP contribution in [0.25, 0.3) is 5.69 Å². The van der Waals surface area contributed by atoms with Gasteiger partial charge in [-0.25, -0.2) is 0 Å². The average molecular weight is 364 g/mol. The fourth-order valence-corrected chi connectivity index (χ4v) is 3.34. The highest BCUT2D eigenvalue weighted by atomic mass is 16.5. The van der Waals surface area contributed by atoms with Gasteiger partial charge in [0.25, 0.3) is 5.91 Å². The summed E-state index contributed by atoms with van der Waals surface area (Å²) in [6.45, 7) is 2.78. The predicted molar refractivity (Wildman–Crippen MR) is 100 cm³/mol. The number of piperazine rings is 1. The zero-order chi connectivity index (χ0) is 18.6. The molecule has 0 spiro atoms. The molecule has 0 aliphatic carbocycles. The zero-order valence-corrected chi connectivity index (χ0v) is 15.0. The Bertz CT molecular complexity index is 919. The lowest BCUT2D eigenvalue weighted by atomic mass is 10.1. The molecule has 0 N–H and O–H groups in total. The van der Waals surface area contributed by atoms with E-state index < -0.39 is 0 Å².